The topological polar surface area (TPSA) is 63.0 Å². The number of aromatic nitrogens is 3. The van der Waals surface area contributed by atoms with E-state index in [2.05, 4.69) is 29.4 Å². The van der Waals surface area contributed by atoms with Crippen molar-refractivity contribution in [3.8, 4) is 0 Å². The number of aliphatic hydroxyl groups excluding tert-OH is 1. The summed E-state index contributed by atoms with van der Waals surface area (Å²) in [7, 11) is 1.94. The van der Waals surface area contributed by atoms with Crippen LogP contribution in [0.25, 0.3) is 0 Å². The number of aliphatic hydroxyl groups is 1. The summed E-state index contributed by atoms with van der Waals surface area (Å²) >= 11 is 0. The minimum absolute atomic E-state index is 0.113. The van der Waals surface area contributed by atoms with Gasteiger partial charge in [-0.1, -0.05) is 13.8 Å². The van der Waals surface area contributed by atoms with Crippen molar-refractivity contribution < 1.29 is 5.11 Å². The predicted molar refractivity (Wildman–Crippen MR) is 58.3 cm³/mol. The fraction of sp³-hybridized carbons (Fsp3) is 0.800. The zero-order valence-electron chi connectivity index (χ0n) is 9.86. The SMILES string of the molecule is Cc1nnc(CN[C@H](CO)C(C)C)n1C. The van der Waals surface area contributed by atoms with Crippen LogP contribution in [0.2, 0.25) is 0 Å². The summed E-state index contributed by atoms with van der Waals surface area (Å²) in [6.45, 7) is 6.86. The molecule has 86 valence electrons. The quantitative estimate of drug-likeness (QED) is 0.733. The van der Waals surface area contributed by atoms with Gasteiger partial charge in [0, 0.05) is 13.1 Å². The number of hydrogen-bond acceptors (Lipinski definition) is 4. The Labute approximate surface area is 90.5 Å². The third kappa shape index (κ3) is 3.00. The predicted octanol–water partition coefficient (Wildman–Crippen LogP) is 0.230. The lowest BCUT2D eigenvalue weighted by Crippen LogP contribution is -2.37. The van der Waals surface area contributed by atoms with Crippen LogP contribution in [0.3, 0.4) is 0 Å². The van der Waals surface area contributed by atoms with E-state index in [1.54, 1.807) is 0 Å². The van der Waals surface area contributed by atoms with Gasteiger partial charge < -0.3 is 15.0 Å². The van der Waals surface area contributed by atoms with Gasteiger partial charge in [0.1, 0.15) is 11.6 Å². The van der Waals surface area contributed by atoms with Crippen LogP contribution in [0, 0.1) is 12.8 Å². The summed E-state index contributed by atoms with van der Waals surface area (Å²) in [6, 6.07) is 0.113. The summed E-state index contributed by atoms with van der Waals surface area (Å²) in [6.07, 6.45) is 0. The Morgan fingerprint density at radius 1 is 1.40 bits per heavy atom. The van der Waals surface area contributed by atoms with E-state index in [1.807, 2.05) is 18.5 Å². The zero-order chi connectivity index (χ0) is 11.4. The van der Waals surface area contributed by atoms with E-state index >= 15 is 0 Å². The van der Waals surface area contributed by atoms with Crippen molar-refractivity contribution in [1.29, 1.82) is 0 Å². The molecule has 0 amide bonds. The molecule has 0 aliphatic rings. The van der Waals surface area contributed by atoms with Gasteiger partial charge in [-0.3, -0.25) is 0 Å². The summed E-state index contributed by atoms with van der Waals surface area (Å²) in [4.78, 5) is 0. The fourth-order valence-electron chi connectivity index (χ4n) is 1.34. The summed E-state index contributed by atoms with van der Waals surface area (Å²) in [5.74, 6) is 2.20. The maximum absolute atomic E-state index is 9.14. The highest BCUT2D eigenvalue weighted by molar-refractivity contribution is 4.92. The van der Waals surface area contributed by atoms with Crippen molar-refractivity contribution in [2.75, 3.05) is 6.61 Å². The second kappa shape index (κ2) is 5.23. The third-order valence-corrected chi connectivity index (χ3v) is 2.71. The van der Waals surface area contributed by atoms with Crippen LogP contribution >= 0.6 is 0 Å². The van der Waals surface area contributed by atoms with Gasteiger partial charge in [0.05, 0.1) is 13.2 Å². The molecule has 2 N–H and O–H groups in total. The Bertz CT molecular complexity index is 308. The number of nitrogens with one attached hydrogen (secondary N) is 1. The molecule has 1 rings (SSSR count). The average molecular weight is 212 g/mol. The van der Waals surface area contributed by atoms with E-state index in [9.17, 15) is 0 Å². The molecular formula is C10H20N4O. The lowest BCUT2D eigenvalue weighted by molar-refractivity contribution is 0.209. The molecule has 0 aliphatic heterocycles. The molecular weight excluding hydrogens is 192 g/mol. The van der Waals surface area contributed by atoms with Crippen LogP contribution in [0.15, 0.2) is 0 Å². The van der Waals surface area contributed by atoms with Crippen LogP contribution in [-0.2, 0) is 13.6 Å². The van der Waals surface area contributed by atoms with E-state index in [0.717, 1.165) is 11.6 Å². The van der Waals surface area contributed by atoms with Gasteiger partial charge in [-0.25, -0.2) is 0 Å². The highest BCUT2D eigenvalue weighted by atomic mass is 16.3. The maximum Gasteiger partial charge on any atom is 0.146 e. The Morgan fingerprint density at radius 3 is 2.47 bits per heavy atom. The minimum Gasteiger partial charge on any atom is -0.395 e. The fourth-order valence-corrected chi connectivity index (χ4v) is 1.34. The van der Waals surface area contributed by atoms with Crippen LogP contribution < -0.4 is 5.32 Å². The summed E-state index contributed by atoms with van der Waals surface area (Å²) in [5, 5.41) is 20.4. The first-order chi connectivity index (χ1) is 7.06. The van der Waals surface area contributed by atoms with E-state index in [1.165, 1.54) is 0 Å². The summed E-state index contributed by atoms with van der Waals surface area (Å²) in [5.41, 5.74) is 0. The summed E-state index contributed by atoms with van der Waals surface area (Å²) < 4.78 is 1.95. The van der Waals surface area contributed by atoms with Gasteiger partial charge in [0.25, 0.3) is 0 Å². The van der Waals surface area contributed by atoms with Crippen LogP contribution in [0.1, 0.15) is 25.5 Å². The minimum atomic E-state index is 0.113. The van der Waals surface area contributed by atoms with Crippen LogP contribution in [0.5, 0.6) is 0 Å². The van der Waals surface area contributed by atoms with Crippen molar-refractivity contribution in [3.63, 3.8) is 0 Å². The molecule has 1 heterocycles. The Hall–Kier alpha value is -0.940. The van der Waals surface area contributed by atoms with Gasteiger partial charge in [0.2, 0.25) is 0 Å². The smallest absolute Gasteiger partial charge is 0.146 e. The normalized spacial score (nSPS) is 13.5. The van der Waals surface area contributed by atoms with Crippen LogP contribution in [0.4, 0.5) is 0 Å². The molecule has 5 heteroatoms. The Kier molecular flexibility index (Phi) is 4.23. The number of hydrogen-bond donors (Lipinski definition) is 2. The molecule has 1 aromatic heterocycles. The van der Waals surface area contributed by atoms with E-state index in [4.69, 9.17) is 5.11 Å². The third-order valence-electron chi connectivity index (χ3n) is 2.71. The lowest BCUT2D eigenvalue weighted by atomic mass is 10.1. The molecule has 1 atom stereocenters. The number of aryl methyl sites for hydroxylation is 1. The van der Waals surface area contributed by atoms with Crippen molar-refractivity contribution in [1.82, 2.24) is 20.1 Å². The average Bonchev–Trinajstić information content (AvgIpc) is 2.49. The Balaban J connectivity index is 2.53. The molecule has 0 aliphatic carbocycles. The second-order valence-electron chi connectivity index (χ2n) is 4.14. The molecule has 0 unspecified atom stereocenters. The molecule has 5 nitrogen and oxygen atoms in total. The first-order valence-electron chi connectivity index (χ1n) is 5.25. The van der Waals surface area contributed by atoms with Gasteiger partial charge in [0.15, 0.2) is 0 Å². The van der Waals surface area contributed by atoms with Crippen molar-refractivity contribution in [3.05, 3.63) is 11.6 Å². The molecule has 0 bridgehead atoms. The first-order valence-corrected chi connectivity index (χ1v) is 5.25. The van der Waals surface area contributed by atoms with Gasteiger partial charge in [-0.2, -0.15) is 0 Å². The maximum atomic E-state index is 9.14. The van der Waals surface area contributed by atoms with E-state index in [-0.39, 0.29) is 12.6 Å². The van der Waals surface area contributed by atoms with E-state index < -0.39 is 0 Å². The van der Waals surface area contributed by atoms with Gasteiger partial charge >= 0.3 is 0 Å². The molecule has 0 aromatic carbocycles. The van der Waals surface area contributed by atoms with Crippen molar-refractivity contribution >= 4 is 0 Å². The van der Waals surface area contributed by atoms with Crippen molar-refractivity contribution in [2.45, 2.75) is 33.4 Å². The molecule has 15 heavy (non-hydrogen) atoms. The second-order valence-corrected chi connectivity index (χ2v) is 4.14. The van der Waals surface area contributed by atoms with Gasteiger partial charge in [-0.05, 0) is 12.8 Å². The lowest BCUT2D eigenvalue weighted by Gasteiger charge is -2.19. The van der Waals surface area contributed by atoms with Crippen molar-refractivity contribution in [2.24, 2.45) is 13.0 Å². The van der Waals surface area contributed by atoms with E-state index in [0.29, 0.717) is 12.5 Å². The molecule has 0 saturated heterocycles. The molecule has 0 spiro atoms. The monoisotopic (exact) mass is 212 g/mol. The molecule has 1 aromatic rings. The standard InChI is InChI=1S/C10H20N4O/c1-7(2)9(6-15)11-5-10-13-12-8(3)14(10)4/h7,9,11,15H,5-6H2,1-4H3/t9-/m1/s1. The zero-order valence-corrected chi connectivity index (χ0v) is 9.86. The molecule has 0 fully saturated rings. The highest BCUT2D eigenvalue weighted by Gasteiger charge is 2.12. The largest absolute Gasteiger partial charge is 0.395 e. The highest BCUT2D eigenvalue weighted by Crippen LogP contribution is 2.03. The molecule has 0 saturated carbocycles. The first kappa shape index (κ1) is 12.1. The Morgan fingerprint density at radius 2 is 2.07 bits per heavy atom. The number of rotatable bonds is 5. The molecule has 0 radical (unpaired) electrons. The van der Waals surface area contributed by atoms with Gasteiger partial charge in [-0.15, -0.1) is 10.2 Å². The van der Waals surface area contributed by atoms with Crippen LogP contribution in [-0.4, -0.2) is 32.5 Å². The number of nitrogens with zero attached hydrogens (tertiary/aromatic N) is 3.